The number of para-hydroxylation sites is 3. The molecule has 0 radical (unpaired) electrons. The Bertz CT molecular complexity index is 4050. The number of aryl methyl sites for hydroxylation is 6. The number of aromatic carboxylic acids is 3. The second-order valence-electron chi connectivity index (χ2n) is 21.3. The van der Waals surface area contributed by atoms with E-state index in [0.29, 0.717) is 65.0 Å². The molecule has 0 aliphatic heterocycles. The molecular weight excluding hydrogens is 1210 g/mol. The average Bonchev–Trinajstić information content (AvgIpc) is 3.32. The van der Waals surface area contributed by atoms with Gasteiger partial charge in [-0.1, -0.05) is 141 Å². The average molecular weight is 1280 g/mol. The van der Waals surface area contributed by atoms with Crippen molar-refractivity contribution >= 4 is 70.8 Å². The number of halogens is 1. The Labute approximate surface area is 527 Å². The number of unbranched alkanes of at least 4 members (excludes halogenated alkanes) is 6. The van der Waals surface area contributed by atoms with Crippen LogP contribution in [0.4, 0.5) is 21.5 Å². The zero-order valence-electron chi connectivity index (χ0n) is 50.3. The van der Waals surface area contributed by atoms with Gasteiger partial charge in [-0.15, -0.1) is 0 Å². The van der Waals surface area contributed by atoms with Gasteiger partial charge >= 0.3 is 17.9 Å². The first-order chi connectivity index (χ1) is 43.1. The smallest absolute Gasteiger partial charge is 0.335 e. The number of Topliss-reactive ketones (excluding diaryl/α,β-unsaturated/α-hetero) is 1. The maximum atomic E-state index is 13.1. The predicted molar refractivity (Wildman–Crippen MR) is 351 cm³/mol. The minimum Gasteiger partial charge on any atom is -0.478 e. The number of rotatable bonds is 31. The molecule has 16 nitrogen and oxygen atoms in total. The molecular formula is C70H76FN3O13S3. The highest BCUT2D eigenvalue weighted by Gasteiger charge is 2.19. The number of benzene rings is 8. The van der Waals surface area contributed by atoms with Crippen LogP contribution in [0, 0.1) is 5.82 Å². The van der Waals surface area contributed by atoms with Crippen molar-refractivity contribution in [3.05, 3.63) is 256 Å². The number of sulfonamides is 3. The fraction of sp³-hybridized carbons (Fsp3) is 0.257. The quantitative estimate of drug-likeness (QED) is 0.0175. The van der Waals surface area contributed by atoms with Gasteiger partial charge in [0, 0.05) is 5.56 Å². The number of anilines is 3. The summed E-state index contributed by atoms with van der Waals surface area (Å²) in [6, 6.07) is 53.6. The van der Waals surface area contributed by atoms with E-state index in [9.17, 15) is 64.1 Å². The summed E-state index contributed by atoms with van der Waals surface area (Å²) in [4.78, 5) is 45.4. The van der Waals surface area contributed by atoms with Crippen LogP contribution in [0.3, 0.4) is 0 Å². The van der Waals surface area contributed by atoms with E-state index in [1.165, 1.54) is 43.3 Å². The summed E-state index contributed by atoms with van der Waals surface area (Å²) < 4.78 is 95.4. The Morgan fingerprint density at radius 1 is 0.356 bits per heavy atom. The van der Waals surface area contributed by atoms with Crippen molar-refractivity contribution in [3.63, 3.8) is 0 Å². The lowest BCUT2D eigenvalue weighted by Crippen LogP contribution is -2.15. The summed E-state index contributed by atoms with van der Waals surface area (Å²) in [5, 5.41) is 27.8. The van der Waals surface area contributed by atoms with Crippen LogP contribution in [0.2, 0.25) is 0 Å². The Kier molecular flexibility index (Phi) is 27.0. The summed E-state index contributed by atoms with van der Waals surface area (Å²) in [6.45, 7) is 3.04. The lowest BCUT2D eigenvalue weighted by atomic mass is 9.99. The van der Waals surface area contributed by atoms with Gasteiger partial charge in [-0.3, -0.25) is 19.0 Å². The molecule has 8 aromatic rings. The van der Waals surface area contributed by atoms with Crippen LogP contribution in [-0.2, 0) is 68.6 Å². The van der Waals surface area contributed by atoms with Crippen LogP contribution in [0.5, 0.6) is 0 Å². The molecule has 0 fully saturated rings. The van der Waals surface area contributed by atoms with Crippen LogP contribution < -0.4 is 14.2 Å². The maximum Gasteiger partial charge on any atom is 0.335 e. The van der Waals surface area contributed by atoms with Crippen molar-refractivity contribution in [2.45, 2.75) is 120 Å². The SMILES string of the molecule is CC(=O)c1ccc(S(=O)(=O)Nc2ccccc2CCCCCc2ccccc2C(=O)O)cc1.CCS(=O)(=O)Nc1ccccc1CCCCCc1ccccc1C(=O)O.O=C(O)c1ccccc1CCCCCc1ccccc1NS(=O)(=O)c1ccc(F)cc1. The Morgan fingerprint density at radius 2 is 0.622 bits per heavy atom. The molecule has 474 valence electrons. The lowest BCUT2D eigenvalue weighted by molar-refractivity contribution is 0.0684. The number of ketones is 1. The Hall–Kier alpha value is -8.98. The van der Waals surface area contributed by atoms with Gasteiger partial charge in [-0.2, -0.15) is 0 Å². The van der Waals surface area contributed by atoms with Crippen LogP contribution in [-0.4, -0.2) is 70.0 Å². The van der Waals surface area contributed by atoms with Crippen LogP contribution >= 0.6 is 0 Å². The standard InChI is InChI=1S/C26H27NO5S.C24H24FNO4S.C20H25NO4S/c1-19(28)20-15-17-23(18-16-20)33(31,32)27-25-14-8-6-12-22(25)11-4-2-3-9-21-10-5-7-13-24(21)26(29)30;25-20-14-16-21(17-15-20)31(29,30)26-23-13-7-5-11-19(23)10-3-1-2-8-18-9-4-6-12-22(18)24(27)28;1-2-26(24,25)21-19-15-9-7-13-17(19)12-5-3-4-10-16-11-6-8-14-18(16)20(22)23/h5-8,10,12-18,27H,2-4,9,11H2,1H3,(H,29,30);4-7,9,11-17,26H,1-3,8,10H2,(H,27,28);6-9,11,13-15,21H,2-5,10,12H2,1H3,(H,22,23). The Balaban J connectivity index is 0.000000216. The summed E-state index contributed by atoms with van der Waals surface area (Å²) in [6.07, 6.45) is 12.2. The summed E-state index contributed by atoms with van der Waals surface area (Å²) >= 11 is 0. The highest BCUT2D eigenvalue weighted by molar-refractivity contribution is 7.93. The fourth-order valence-electron chi connectivity index (χ4n) is 9.91. The van der Waals surface area contributed by atoms with E-state index in [0.717, 1.165) is 116 Å². The van der Waals surface area contributed by atoms with Crippen LogP contribution in [0.25, 0.3) is 0 Å². The van der Waals surface area contributed by atoms with Crippen molar-refractivity contribution in [2.75, 3.05) is 19.9 Å². The van der Waals surface area contributed by atoms with Crippen molar-refractivity contribution in [3.8, 4) is 0 Å². The van der Waals surface area contributed by atoms with E-state index >= 15 is 0 Å². The molecule has 20 heteroatoms. The largest absolute Gasteiger partial charge is 0.478 e. The molecule has 0 heterocycles. The van der Waals surface area contributed by atoms with Gasteiger partial charge in [0.15, 0.2) is 5.78 Å². The molecule has 0 aliphatic carbocycles. The second-order valence-corrected chi connectivity index (χ2v) is 26.7. The Morgan fingerprint density at radius 3 is 0.922 bits per heavy atom. The molecule has 6 N–H and O–H groups in total. The third-order valence-electron chi connectivity index (χ3n) is 14.8. The highest BCUT2D eigenvalue weighted by Crippen LogP contribution is 2.26. The molecule has 0 amide bonds. The van der Waals surface area contributed by atoms with Gasteiger partial charge in [0.1, 0.15) is 5.82 Å². The number of carboxylic acids is 3. The van der Waals surface area contributed by atoms with Crippen molar-refractivity contribution < 1.29 is 64.1 Å². The van der Waals surface area contributed by atoms with Crippen LogP contribution in [0.15, 0.2) is 204 Å². The van der Waals surface area contributed by atoms with Crippen molar-refractivity contribution in [1.82, 2.24) is 0 Å². The second kappa shape index (κ2) is 34.7. The summed E-state index contributed by atoms with van der Waals surface area (Å²) in [5.74, 6) is -3.29. The molecule has 0 bridgehead atoms. The molecule has 0 aliphatic rings. The maximum absolute atomic E-state index is 13.1. The molecule has 90 heavy (non-hydrogen) atoms. The third-order valence-corrected chi connectivity index (χ3v) is 18.9. The molecule has 0 atom stereocenters. The van der Waals surface area contributed by atoms with Gasteiger partial charge in [-0.25, -0.2) is 44.0 Å². The number of carbonyl (C=O) groups is 4. The molecule has 0 saturated carbocycles. The highest BCUT2D eigenvalue weighted by atomic mass is 32.2. The van der Waals surface area contributed by atoms with Crippen molar-refractivity contribution in [2.24, 2.45) is 0 Å². The first-order valence-electron chi connectivity index (χ1n) is 29.7. The summed E-state index contributed by atoms with van der Waals surface area (Å²) in [5.41, 5.74) is 8.44. The molecule has 8 rings (SSSR count). The van der Waals surface area contributed by atoms with Gasteiger partial charge in [0.25, 0.3) is 20.0 Å². The first kappa shape index (κ1) is 70.1. The molecule has 0 aromatic heterocycles. The van der Waals surface area contributed by atoms with Crippen molar-refractivity contribution in [1.29, 1.82) is 0 Å². The zero-order chi connectivity index (χ0) is 65.1. The number of carbonyl (C=O) groups excluding carboxylic acids is 1. The van der Waals surface area contributed by atoms with E-state index in [1.807, 2.05) is 78.9 Å². The number of nitrogens with one attached hydrogen (secondary N) is 3. The molecule has 0 saturated heterocycles. The first-order valence-corrected chi connectivity index (χ1v) is 34.3. The number of carboxylic acid groups (broad SMARTS) is 3. The predicted octanol–water partition coefficient (Wildman–Crippen LogP) is 14.7. The monoisotopic (exact) mass is 1280 g/mol. The van der Waals surface area contributed by atoms with Gasteiger partial charge in [-0.05, 0) is 197 Å². The van der Waals surface area contributed by atoms with E-state index in [2.05, 4.69) is 14.2 Å². The normalized spacial score (nSPS) is 11.2. The van der Waals surface area contributed by atoms with Gasteiger partial charge in [0.05, 0.1) is 49.3 Å². The number of hydrogen-bond acceptors (Lipinski definition) is 10. The minimum atomic E-state index is -3.81. The number of hydrogen-bond donors (Lipinski definition) is 6. The van der Waals surface area contributed by atoms with E-state index in [1.54, 1.807) is 73.7 Å². The van der Waals surface area contributed by atoms with Gasteiger partial charge < -0.3 is 15.3 Å². The topological polar surface area (TPSA) is 267 Å². The van der Waals surface area contributed by atoms with E-state index < -0.39 is 53.8 Å². The summed E-state index contributed by atoms with van der Waals surface area (Å²) in [7, 11) is -10.9. The van der Waals surface area contributed by atoms with E-state index in [-0.39, 0.29) is 21.3 Å². The van der Waals surface area contributed by atoms with E-state index in [4.69, 9.17) is 0 Å². The van der Waals surface area contributed by atoms with Crippen LogP contribution in [0.1, 0.15) is 146 Å². The van der Waals surface area contributed by atoms with Gasteiger partial charge in [0.2, 0.25) is 10.0 Å². The molecule has 8 aromatic carbocycles. The molecule has 0 unspecified atom stereocenters. The minimum absolute atomic E-state index is 0.000740. The lowest BCUT2D eigenvalue weighted by Gasteiger charge is -2.13. The zero-order valence-corrected chi connectivity index (χ0v) is 52.8. The molecule has 0 spiro atoms. The third kappa shape index (κ3) is 22.3. The fourth-order valence-corrected chi connectivity index (χ4v) is 12.8.